The van der Waals surface area contributed by atoms with Crippen LogP contribution in [0.3, 0.4) is 0 Å². The third kappa shape index (κ3) is 4.29. The Balaban J connectivity index is 1.72. The van der Waals surface area contributed by atoms with Gasteiger partial charge in [0.05, 0.1) is 5.56 Å². The van der Waals surface area contributed by atoms with Gasteiger partial charge in [-0.3, -0.25) is 14.2 Å². The number of nitrogens with zero attached hydrogens (tertiary/aromatic N) is 2. The molecule has 28 heavy (non-hydrogen) atoms. The molecular formula is C21H19ClN2O3S. The quantitative estimate of drug-likeness (QED) is 0.371. The van der Waals surface area contributed by atoms with Gasteiger partial charge in [-0.1, -0.05) is 54.6 Å². The number of ketones is 1. The number of halogens is 1. The Morgan fingerprint density at radius 2 is 1.68 bits per heavy atom. The van der Waals surface area contributed by atoms with Gasteiger partial charge in [-0.25, -0.2) is 0 Å². The van der Waals surface area contributed by atoms with Gasteiger partial charge in [0.15, 0.2) is 10.9 Å². The van der Waals surface area contributed by atoms with Crippen LogP contribution in [0.2, 0.25) is 5.02 Å². The molecular weight excluding hydrogens is 396 g/mol. The van der Waals surface area contributed by atoms with Crippen molar-refractivity contribution >= 4 is 29.1 Å². The van der Waals surface area contributed by atoms with Crippen LogP contribution in [0.15, 0.2) is 58.5 Å². The molecule has 0 unspecified atom stereocenters. The highest BCUT2D eigenvalue weighted by atomic mass is 35.5. The van der Waals surface area contributed by atoms with Crippen molar-refractivity contribution in [2.45, 2.75) is 24.3 Å². The van der Waals surface area contributed by atoms with Crippen molar-refractivity contribution in [3.63, 3.8) is 0 Å². The molecule has 0 radical (unpaired) electrons. The highest BCUT2D eigenvalue weighted by Crippen LogP contribution is 2.23. The van der Waals surface area contributed by atoms with E-state index in [1.807, 2.05) is 12.1 Å². The van der Waals surface area contributed by atoms with Crippen LogP contribution in [0.1, 0.15) is 34.0 Å². The average molecular weight is 415 g/mol. The maximum atomic E-state index is 12.5. The van der Waals surface area contributed by atoms with E-state index in [0.29, 0.717) is 39.0 Å². The van der Waals surface area contributed by atoms with E-state index in [1.54, 1.807) is 50.4 Å². The molecule has 1 N–H and O–H groups in total. The van der Waals surface area contributed by atoms with Gasteiger partial charge in [-0.15, -0.1) is 0 Å². The lowest BCUT2D eigenvalue weighted by Crippen LogP contribution is -2.23. The predicted octanol–water partition coefficient (Wildman–Crippen LogP) is 4.23. The zero-order valence-electron chi connectivity index (χ0n) is 15.5. The van der Waals surface area contributed by atoms with Crippen LogP contribution in [-0.4, -0.2) is 20.4 Å². The number of carbonyl (C=O) groups is 1. The molecule has 0 spiro atoms. The van der Waals surface area contributed by atoms with E-state index in [-0.39, 0.29) is 17.2 Å². The third-order valence-electron chi connectivity index (χ3n) is 4.37. The number of thioether (sulfide) groups is 1. The summed E-state index contributed by atoms with van der Waals surface area (Å²) in [5.41, 5.74) is 2.23. The monoisotopic (exact) mass is 414 g/mol. The maximum absolute atomic E-state index is 12.5. The molecule has 1 heterocycles. The van der Waals surface area contributed by atoms with E-state index in [9.17, 15) is 14.7 Å². The first-order chi connectivity index (χ1) is 13.4. The first-order valence-corrected chi connectivity index (χ1v) is 10.1. The summed E-state index contributed by atoms with van der Waals surface area (Å²) in [6, 6.07) is 14.1. The van der Waals surface area contributed by atoms with Crippen LogP contribution in [0.5, 0.6) is 5.88 Å². The van der Waals surface area contributed by atoms with E-state index in [2.05, 4.69) is 4.98 Å². The fraction of sp³-hybridized carbons (Fsp3) is 0.190. The van der Waals surface area contributed by atoms with Gasteiger partial charge in [0, 0.05) is 29.0 Å². The zero-order chi connectivity index (χ0) is 20.3. The number of hydrogen-bond donors (Lipinski definition) is 1. The second-order valence-corrected chi connectivity index (χ2v) is 7.61. The Labute approximate surface area is 172 Å². The lowest BCUT2D eigenvalue weighted by Gasteiger charge is -2.10. The molecule has 0 aliphatic carbocycles. The van der Waals surface area contributed by atoms with E-state index >= 15 is 0 Å². The van der Waals surface area contributed by atoms with Gasteiger partial charge in [0.2, 0.25) is 5.88 Å². The summed E-state index contributed by atoms with van der Waals surface area (Å²) in [4.78, 5) is 28.9. The molecule has 0 bridgehead atoms. The number of carbonyl (C=O) groups excluding carboxylic acids is 1. The number of rotatable bonds is 6. The predicted molar refractivity (Wildman–Crippen MR) is 111 cm³/mol. The van der Waals surface area contributed by atoms with Crippen LogP contribution in [0.4, 0.5) is 0 Å². The Morgan fingerprint density at radius 1 is 1.11 bits per heavy atom. The minimum absolute atomic E-state index is 0.0694. The van der Waals surface area contributed by atoms with Gasteiger partial charge in [-0.2, -0.15) is 4.98 Å². The lowest BCUT2D eigenvalue weighted by molar-refractivity contribution is 0.103. The molecule has 0 amide bonds. The van der Waals surface area contributed by atoms with Crippen LogP contribution < -0.4 is 5.56 Å². The molecule has 3 rings (SSSR count). The van der Waals surface area contributed by atoms with E-state index in [4.69, 9.17) is 11.6 Å². The second-order valence-electron chi connectivity index (χ2n) is 6.24. The molecule has 0 atom stereocenters. The molecule has 7 heteroatoms. The Kier molecular flexibility index (Phi) is 6.21. The van der Waals surface area contributed by atoms with Gasteiger partial charge < -0.3 is 5.11 Å². The van der Waals surface area contributed by atoms with Crippen LogP contribution in [0.25, 0.3) is 0 Å². The summed E-state index contributed by atoms with van der Waals surface area (Å²) in [5.74, 6) is 0.276. The summed E-state index contributed by atoms with van der Waals surface area (Å²) < 4.78 is 1.45. The minimum Gasteiger partial charge on any atom is -0.493 e. The topological polar surface area (TPSA) is 72.2 Å². The standard InChI is InChI=1S/C21H19ClN2O3S/c1-3-17-19(26)23-21(24(2)20(17)27)28-12-13-4-6-14(7-5-13)18(25)15-8-10-16(22)11-9-15/h4-11,26H,3,12H2,1-2H3. The molecule has 5 nitrogen and oxygen atoms in total. The van der Waals surface area contributed by atoms with Crippen molar-refractivity contribution < 1.29 is 9.90 Å². The SMILES string of the molecule is CCc1c(O)nc(SCc2ccc(C(=O)c3ccc(Cl)cc3)cc2)n(C)c1=O. The fourth-order valence-corrected chi connectivity index (χ4v) is 3.77. The molecule has 0 fully saturated rings. The number of aromatic hydroxyl groups is 1. The van der Waals surface area contributed by atoms with Crippen LogP contribution >= 0.6 is 23.4 Å². The largest absolute Gasteiger partial charge is 0.493 e. The van der Waals surface area contributed by atoms with Crippen molar-refractivity contribution in [2.24, 2.45) is 7.05 Å². The van der Waals surface area contributed by atoms with E-state index in [1.165, 1.54) is 16.3 Å². The molecule has 3 aromatic rings. The molecule has 2 aromatic carbocycles. The first kappa shape index (κ1) is 20.2. The summed E-state index contributed by atoms with van der Waals surface area (Å²) >= 11 is 7.21. The molecule has 1 aromatic heterocycles. The van der Waals surface area contributed by atoms with Crippen LogP contribution in [-0.2, 0) is 19.2 Å². The van der Waals surface area contributed by atoms with Crippen molar-refractivity contribution in [1.82, 2.24) is 9.55 Å². The van der Waals surface area contributed by atoms with Gasteiger partial charge in [0.1, 0.15) is 0 Å². The Hall–Kier alpha value is -2.57. The summed E-state index contributed by atoms with van der Waals surface area (Å²) in [6.45, 7) is 1.80. The third-order valence-corrected chi connectivity index (χ3v) is 5.72. The molecule has 0 saturated heterocycles. The highest BCUT2D eigenvalue weighted by Gasteiger charge is 2.13. The molecule has 144 valence electrons. The van der Waals surface area contributed by atoms with Gasteiger partial charge in [0.25, 0.3) is 5.56 Å². The fourth-order valence-electron chi connectivity index (χ4n) is 2.72. The number of hydrogen-bond acceptors (Lipinski definition) is 5. The lowest BCUT2D eigenvalue weighted by atomic mass is 10.0. The van der Waals surface area contributed by atoms with E-state index in [0.717, 1.165) is 5.56 Å². The normalized spacial score (nSPS) is 10.8. The van der Waals surface area contributed by atoms with Crippen molar-refractivity contribution in [2.75, 3.05) is 0 Å². The summed E-state index contributed by atoms with van der Waals surface area (Å²) in [6.07, 6.45) is 0.430. The Bertz CT molecular complexity index is 1060. The summed E-state index contributed by atoms with van der Waals surface area (Å²) in [7, 11) is 1.64. The molecule has 0 aliphatic rings. The van der Waals surface area contributed by atoms with E-state index < -0.39 is 0 Å². The first-order valence-electron chi connectivity index (χ1n) is 8.71. The molecule has 0 saturated carbocycles. The number of benzene rings is 2. The molecule has 0 aliphatic heterocycles. The van der Waals surface area contributed by atoms with Crippen molar-refractivity contribution in [1.29, 1.82) is 0 Å². The summed E-state index contributed by atoms with van der Waals surface area (Å²) in [5, 5.41) is 11.0. The zero-order valence-corrected chi connectivity index (χ0v) is 17.0. The maximum Gasteiger partial charge on any atom is 0.260 e. The van der Waals surface area contributed by atoms with Gasteiger partial charge >= 0.3 is 0 Å². The van der Waals surface area contributed by atoms with Crippen molar-refractivity contribution in [3.05, 3.63) is 86.2 Å². The van der Waals surface area contributed by atoms with Crippen LogP contribution in [0, 0.1) is 0 Å². The average Bonchev–Trinajstić information content (AvgIpc) is 2.70. The minimum atomic E-state index is -0.235. The Morgan fingerprint density at radius 3 is 2.25 bits per heavy atom. The van der Waals surface area contributed by atoms with Crippen molar-refractivity contribution in [3.8, 4) is 5.88 Å². The smallest absolute Gasteiger partial charge is 0.260 e. The number of aromatic nitrogens is 2. The van der Waals surface area contributed by atoms with Gasteiger partial charge in [-0.05, 0) is 36.2 Å². The highest BCUT2D eigenvalue weighted by molar-refractivity contribution is 7.98. The second kappa shape index (κ2) is 8.63.